The second kappa shape index (κ2) is 11.5. The number of hydrogen-bond acceptors (Lipinski definition) is 8. The maximum atomic E-state index is 12.8. The van der Waals surface area contributed by atoms with E-state index in [0.717, 1.165) is 30.6 Å². The number of carbonyl (C=O) groups excluding carboxylic acids is 1. The molecule has 2 aliphatic rings. The zero-order valence-electron chi connectivity index (χ0n) is 21.9. The van der Waals surface area contributed by atoms with Gasteiger partial charge in [0.2, 0.25) is 5.91 Å². The zero-order chi connectivity index (χ0) is 26.6. The summed E-state index contributed by atoms with van der Waals surface area (Å²) in [5.41, 5.74) is 5.70. The topological polar surface area (TPSA) is 109 Å². The van der Waals surface area contributed by atoms with Crippen LogP contribution in [0.5, 0.6) is 0 Å². The largest absolute Gasteiger partial charge is 0.390 e. The molecule has 10 nitrogen and oxygen atoms in total. The second-order valence-corrected chi connectivity index (χ2v) is 10.1. The van der Waals surface area contributed by atoms with Crippen molar-refractivity contribution in [3.8, 4) is 11.3 Å². The molecule has 0 saturated carbocycles. The summed E-state index contributed by atoms with van der Waals surface area (Å²) in [6.07, 6.45) is 5.80. The number of aromatic nitrogens is 4. The Morgan fingerprint density at radius 3 is 2.79 bits per heavy atom. The minimum atomic E-state index is -0.524. The fourth-order valence-corrected chi connectivity index (χ4v) is 5.26. The lowest BCUT2D eigenvalue weighted by Crippen LogP contribution is -2.42. The smallest absolute Gasteiger partial charge is 0.242 e. The molecule has 39 heavy (non-hydrogen) atoms. The average molecular weight is 528 g/mol. The number of nitrogens with one attached hydrogen (secondary N) is 1. The Morgan fingerprint density at radius 2 is 1.92 bits per heavy atom. The monoisotopic (exact) mass is 527 g/mol. The van der Waals surface area contributed by atoms with E-state index in [9.17, 15) is 9.90 Å². The van der Waals surface area contributed by atoms with Crippen molar-refractivity contribution >= 4 is 22.9 Å². The first-order valence-corrected chi connectivity index (χ1v) is 13.5. The Morgan fingerprint density at radius 1 is 1.08 bits per heavy atom. The highest BCUT2D eigenvalue weighted by Gasteiger charge is 2.20. The Bertz CT molecular complexity index is 1450. The van der Waals surface area contributed by atoms with Gasteiger partial charge in [-0.3, -0.25) is 14.7 Å². The highest BCUT2D eigenvalue weighted by molar-refractivity contribution is 5.80. The summed E-state index contributed by atoms with van der Waals surface area (Å²) in [7, 11) is 0. The molecule has 2 N–H and O–H groups in total. The van der Waals surface area contributed by atoms with E-state index in [0.29, 0.717) is 56.6 Å². The Hall–Kier alpha value is -3.86. The highest BCUT2D eigenvalue weighted by atomic mass is 16.5. The Kier molecular flexibility index (Phi) is 7.49. The highest BCUT2D eigenvalue weighted by Crippen LogP contribution is 2.22. The molecule has 3 aromatic heterocycles. The van der Waals surface area contributed by atoms with Crippen LogP contribution < -0.4 is 5.32 Å². The van der Waals surface area contributed by atoms with Crippen molar-refractivity contribution < 1.29 is 14.6 Å². The molecule has 4 aromatic rings. The van der Waals surface area contributed by atoms with Crippen molar-refractivity contribution in [2.75, 3.05) is 51.3 Å². The molecule has 1 saturated heterocycles. The lowest BCUT2D eigenvalue weighted by molar-refractivity contribution is -0.135. The molecule has 202 valence electrons. The predicted octanol–water partition coefficient (Wildman–Crippen LogP) is 2.18. The summed E-state index contributed by atoms with van der Waals surface area (Å²) < 4.78 is 7.20. The number of fused-ring (bicyclic) bond motifs is 2. The molecule has 1 fully saturated rings. The maximum Gasteiger partial charge on any atom is 0.242 e. The molecule has 0 aliphatic carbocycles. The van der Waals surface area contributed by atoms with E-state index in [1.165, 1.54) is 11.1 Å². The van der Waals surface area contributed by atoms with Crippen LogP contribution in [0, 0.1) is 0 Å². The quantitative estimate of drug-likeness (QED) is 0.359. The first kappa shape index (κ1) is 25.4. The van der Waals surface area contributed by atoms with Crippen LogP contribution >= 0.6 is 0 Å². The first-order chi connectivity index (χ1) is 19.1. The zero-order valence-corrected chi connectivity index (χ0v) is 21.9. The number of amides is 1. The minimum Gasteiger partial charge on any atom is -0.390 e. The van der Waals surface area contributed by atoms with Gasteiger partial charge >= 0.3 is 0 Å². The number of benzene rings is 1. The number of rotatable bonds is 8. The number of pyridine rings is 1. The molecule has 5 heterocycles. The van der Waals surface area contributed by atoms with Crippen LogP contribution in [-0.4, -0.2) is 92.4 Å². The van der Waals surface area contributed by atoms with Crippen LogP contribution in [0.1, 0.15) is 11.1 Å². The van der Waals surface area contributed by atoms with Gasteiger partial charge in [0.1, 0.15) is 17.9 Å². The van der Waals surface area contributed by atoms with Crippen LogP contribution in [0.4, 0.5) is 5.82 Å². The predicted molar refractivity (Wildman–Crippen MR) is 148 cm³/mol. The number of morpholine rings is 1. The number of aliphatic hydroxyl groups is 1. The number of nitrogens with zero attached hydrogens (tertiary/aromatic N) is 6. The van der Waals surface area contributed by atoms with Gasteiger partial charge in [-0.2, -0.15) is 0 Å². The van der Waals surface area contributed by atoms with Crippen LogP contribution in [0.15, 0.2) is 61.1 Å². The standard InChI is InChI=1S/C29H33N7O3/c37-24(19-34-9-6-21-3-1-2-4-23(21)18-34)16-32-27-15-22(5-8-30-27)26-17-31-25-7-10-36(29(25)33-26)20-28(38)35-11-13-39-14-12-35/h1-5,7-8,10,15,17,24,37H,6,9,11-14,16,18-20H2,(H,30,32). The number of hydrogen-bond donors (Lipinski definition) is 2. The number of β-amino-alcohol motifs (C(OH)–C–C–N with tert-alkyl or cyclic N) is 1. The van der Waals surface area contributed by atoms with Crippen LogP contribution in [0.25, 0.3) is 22.4 Å². The van der Waals surface area contributed by atoms with Gasteiger partial charge in [0, 0.05) is 57.2 Å². The van der Waals surface area contributed by atoms with Crippen molar-refractivity contribution in [3.63, 3.8) is 0 Å². The Labute approximate surface area is 227 Å². The van der Waals surface area contributed by atoms with E-state index in [4.69, 9.17) is 9.72 Å². The molecule has 6 rings (SSSR count). The number of ether oxygens (including phenoxy) is 1. The summed E-state index contributed by atoms with van der Waals surface area (Å²) in [4.78, 5) is 30.7. The van der Waals surface area contributed by atoms with E-state index in [1.54, 1.807) is 12.4 Å². The van der Waals surface area contributed by atoms with Crippen molar-refractivity contribution in [2.24, 2.45) is 0 Å². The van der Waals surface area contributed by atoms with Crippen LogP contribution in [-0.2, 0) is 29.0 Å². The normalized spacial score (nSPS) is 16.7. The lowest BCUT2D eigenvalue weighted by atomic mass is 10.00. The first-order valence-electron chi connectivity index (χ1n) is 13.5. The van der Waals surface area contributed by atoms with Gasteiger partial charge in [-0.25, -0.2) is 9.97 Å². The summed E-state index contributed by atoms with van der Waals surface area (Å²) in [6.45, 7) is 5.39. The molecule has 0 spiro atoms. The van der Waals surface area contributed by atoms with Gasteiger partial charge in [-0.1, -0.05) is 24.3 Å². The fourth-order valence-electron chi connectivity index (χ4n) is 5.26. The summed E-state index contributed by atoms with van der Waals surface area (Å²) >= 11 is 0. The van der Waals surface area contributed by atoms with E-state index < -0.39 is 6.10 Å². The lowest BCUT2D eigenvalue weighted by Gasteiger charge is -2.30. The molecule has 1 atom stereocenters. The molecule has 1 aromatic carbocycles. The van der Waals surface area contributed by atoms with E-state index in [2.05, 4.69) is 44.5 Å². The van der Waals surface area contributed by atoms with Crippen molar-refractivity contribution in [3.05, 3.63) is 72.2 Å². The molecular formula is C29H33N7O3. The third kappa shape index (κ3) is 5.93. The summed E-state index contributed by atoms with van der Waals surface area (Å²) in [5.74, 6) is 0.709. The number of aliphatic hydroxyl groups excluding tert-OH is 1. The van der Waals surface area contributed by atoms with Crippen molar-refractivity contribution in [1.29, 1.82) is 0 Å². The van der Waals surface area contributed by atoms with Gasteiger partial charge in [0.15, 0.2) is 5.65 Å². The van der Waals surface area contributed by atoms with Gasteiger partial charge in [-0.15, -0.1) is 0 Å². The maximum absolute atomic E-state index is 12.8. The van der Waals surface area contributed by atoms with E-state index in [-0.39, 0.29) is 12.5 Å². The molecule has 2 aliphatic heterocycles. The van der Waals surface area contributed by atoms with E-state index >= 15 is 0 Å². The molecule has 0 bridgehead atoms. The third-order valence-electron chi connectivity index (χ3n) is 7.39. The SMILES string of the molecule is O=C(Cn1ccc2ncc(-c3ccnc(NCC(O)CN4CCc5ccccc5C4)c3)nc21)N1CCOCC1. The average Bonchev–Trinajstić information content (AvgIpc) is 3.38. The number of anilines is 1. The van der Waals surface area contributed by atoms with Gasteiger partial charge in [0.05, 0.1) is 31.2 Å². The summed E-state index contributed by atoms with van der Waals surface area (Å²) in [6, 6.07) is 14.2. The van der Waals surface area contributed by atoms with Crippen LogP contribution in [0.3, 0.4) is 0 Å². The Balaban J connectivity index is 1.09. The third-order valence-corrected chi connectivity index (χ3v) is 7.39. The van der Waals surface area contributed by atoms with E-state index in [1.807, 2.05) is 33.9 Å². The van der Waals surface area contributed by atoms with Gasteiger partial charge in [0.25, 0.3) is 0 Å². The molecule has 0 radical (unpaired) electrons. The fraction of sp³-hybridized carbons (Fsp3) is 0.379. The van der Waals surface area contributed by atoms with Crippen molar-refractivity contribution in [1.82, 2.24) is 29.3 Å². The second-order valence-electron chi connectivity index (χ2n) is 10.1. The number of carbonyl (C=O) groups is 1. The van der Waals surface area contributed by atoms with Crippen molar-refractivity contribution in [2.45, 2.75) is 25.6 Å². The molecule has 10 heteroatoms. The summed E-state index contributed by atoms with van der Waals surface area (Å²) in [5, 5.41) is 14.0. The minimum absolute atomic E-state index is 0.0470. The molecular weight excluding hydrogens is 494 g/mol. The van der Waals surface area contributed by atoms with Gasteiger partial charge in [-0.05, 0) is 35.7 Å². The van der Waals surface area contributed by atoms with Crippen LogP contribution in [0.2, 0.25) is 0 Å². The molecule has 1 amide bonds. The molecule has 1 unspecified atom stereocenters. The van der Waals surface area contributed by atoms with Gasteiger partial charge < -0.3 is 24.6 Å².